The standard InChI is InChI=1S/C28H33NO5Si/c1-18(21-10-8-7-9-11-21)23-16-24-25(19(2)34-35(4,5)6)27(30)29(24)26(23)28(31)33-17-20-12-14-22(32-3)15-13-20/h7-15,19,24-25H,1,16-17H2,2-6H3/t19-,24-,25-/m1/s1. The van der Waals surface area contributed by atoms with Crippen LogP contribution in [0.1, 0.15) is 24.5 Å². The zero-order valence-corrected chi connectivity index (χ0v) is 22.0. The van der Waals surface area contributed by atoms with Crippen LogP contribution < -0.4 is 4.74 Å². The van der Waals surface area contributed by atoms with Gasteiger partial charge in [-0.3, -0.25) is 4.79 Å². The fourth-order valence-corrected chi connectivity index (χ4v) is 6.16. The van der Waals surface area contributed by atoms with Gasteiger partial charge in [0.15, 0.2) is 8.32 Å². The summed E-state index contributed by atoms with van der Waals surface area (Å²) in [5, 5.41) is 0. The lowest BCUT2D eigenvalue weighted by Crippen LogP contribution is -2.63. The lowest BCUT2D eigenvalue weighted by atomic mass is 9.82. The van der Waals surface area contributed by atoms with Crippen molar-refractivity contribution in [2.45, 2.75) is 51.7 Å². The van der Waals surface area contributed by atoms with Gasteiger partial charge in [0.25, 0.3) is 0 Å². The highest BCUT2D eigenvalue weighted by Crippen LogP contribution is 2.48. The first kappa shape index (κ1) is 24.9. The van der Waals surface area contributed by atoms with Crippen LogP contribution in [0.15, 0.2) is 72.4 Å². The first-order chi connectivity index (χ1) is 16.6. The zero-order chi connectivity index (χ0) is 25.3. The molecule has 0 saturated carbocycles. The van der Waals surface area contributed by atoms with E-state index in [0.717, 1.165) is 28.0 Å². The minimum Gasteiger partial charge on any atom is -0.497 e. The zero-order valence-electron chi connectivity index (χ0n) is 21.0. The molecule has 6 nitrogen and oxygen atoms in total. The molecular weight excluding hydrogens is 458 g/mol. The highest BCUT2D eigenvalue weighted by atomic mass is 28.4. The van der Waals surface area contributed by atoms with Crippen molar-refractivity contribution in [1.82, 2.24) is 4.90 Å². The highest BCUT2D eigenvalue weighted by molar-refractivity contribution is 6.69. The normalized spacial score (nSPS) is 20.3. The topological polar surface area (TPSA) is 65.1 Å². The third-order valence-corrected chi connectivity index (χ3v) is 7.54. The minimum absolute atomic E-state index is 0.0898. The summed E-state index contributed by atoms with van der Waals surface area (Å²) in [6.07, 6.45) is 0.340. The van der Waals surface area contributed by atoms with E-state index < -0.39 is 14.3 Å². The number of β-lactam (4-membered cyclic amide) rings is 1. The Labute approximate surface area is 208 Å². The second-order valence-electron chi connectivity index (χ2n) is 10.0. The van der Waals surface area contributed by atoms with E-state index in [-0.39, 0.29) is 30.6 Å². The Bertz CT molecular complexity index is 1150. The van der Waals surface area contributed by atoms with Crippen LogP contribution in [0.2, 0.25) is 19.6 Å². The largest absolute Gasteiger partial charge is 0.497 e. The molecule has 0 N–H and O–H groups in total. The van der Waals surface area contributed by atoms with Gasteiger partial charge in [0.1, 0.15) is 18.1 Å². The van der Waals surface area contributed by atoms with Crippen LogP contribution in [0.4, 0.5) is 0 Å². The van der Waals surface area contributed by atoms with Crippen LogP contribution in [0.25, 0.3) is 5.57 Å². The van der Waals surface area contributed by atoms with E-state index >= 15 is 0 Å². The Morgan fingerprint density at radius 2 is 1.77 bits per heavy atom. The first-order valence-corrected chi connectivity index (χ1v) is 15.3. The molecule has 0 aromatic heterocycles. The van der Waals surface area contributed by atoms with Crippen LogP contribution in [0, 0.1) is 5.92 Å². The van der Waals surface area contributed by atoms with Gasteiger partial charge in [-0.05, 0) is 67.4 Å². The molecule has 0 unspecified atom stereocenters. The Morgan fingerprint density at radius 3 is 2.37 bits per heavy atom. The third kappa shape index (κ3) is 5.11. The Hall–Kier alpha value is -3.16. The van der Waals surface area contributed by atoms with Crippen molar-refractivity contribution in [2.75, 3.05) is 7.11 Å². The number of carbonyl (C=O) groups excluding carboxylic acids is 2. The molecule has 1 fully saturated rings. The molecule has 0 bridgehead atoms. The summed E-state index contributed by atoms with van der Waals surface area (Å²) in [7, 11) is -0.226. The van der Waals surface area contributed by atoms with Crippen LogP contribution in [-0.2, 0) is 25.4 Å². The maximum absolute atomic E-state index is 13.4. The predicted molar refractivity (Wildman–Crippen MR) is 138 cm³/mol. The van der Waals surface area contributed by atoms with E-state index in [1.807, 2.05) is 61.5 Å². The quantitative estimate of drug-likeness (QED) is 0.275. The smallest absolute Gasteiger partial charge is 0.355 e. The summed E-state index contributed by atoms with van der Waals surface area (Å²) in [5.41, 5.74) is 3.56. The summed E-state index contributed by atoms with van der Waals surface area (Å²) >= 11 is 0. The lowest BCUT2D eigenvalue weighted by Gasteiger charge is -2.47. The van der Waals surface area contributed by atoms with Gasteiger partial charge in [-0.25, -0.2) is 4.79 Å². The van der Waals surface area contributed by atoms with E-state index in [0.29, 0.717) is 12.1 Å². The van der Waals surface area contributed by atoms with E-state index in [2.05, 4.69) is 26.2 Å². The second-order valence-corrected chi connectivity index (χ2v) is 14.5. The first-order valence-electron chi connectivity index (χ1n) is 11.9. The molecular formula is C28H33NO5Si. The fourth-order valence-electron chi connectivity index (χ4n) is 4.90. The van der Waals surface area contributed by atoms with Crippen molar-refractivity contribution in [2.24, 2.45) is 5.92 Å². The average Bonchev–Trinajstić information content (AvgIpc) is 3.17. The highest BCUT2D eigenvalue weighted by Gasteiger charge is 2.58. The van der Waals surface area contributed by atoms with E-state index in [4.69, 9.17) is 13.9 Å². The Balaban J connectivity index is 1.59. The number of allylic oxidation sites excluding steroid dienone is 1. The fraction of sp³-hybridized carbons (Fsp3) is 0.357. The van der Waals surface area contributed by atoms with E-state index in [1.165, 1.54) is 0 Å². The molecule has 2 aliphatic rings. The van der Waals surface area contributed by atoms with Gasteiger partial charge < -0.3 is 18.8 Å². The molecule has 0 radical (unpaired) electrons. The van der Waals surface area contributed by atoms with Crippen molar-refractivity contribution in [3.8, 4) is 5.75 Å². The minimum atomic E-state index is -1.83. The van der Waals surface area contributed by atoms with Crippen molar-refractivity contribution in [3.05, 3.63) is 83.6 Å². The van der Waals surface area contributed by atoms with Gasteiger partial charge in [-0.1, -0.05) is 49.0 Å². The third-order valence-electron chi connectivity index (χ3n) is 6.46. The van der Waals surface area contributed by atoms with Crippen LogP contribution in [-0.4, -0.2) is 44.3 Å². The lowest BCUT2D eigenvalue weighted by molar-refractivity contribution is -0.162. The molecule has 7 heteroatoms. The molecule has 0 spiro atoms. The van der Waals surface area contributed by atoms with Gasteiger partial charge >= 0.3 is 5.97 Å². The van der Waals surface area contributed by atoms with Gasteiger partial charge in [-0.15, -0.1) is 0 Å². The molecule has 1 amide bonds. The monoisotopic (exact) mass is 491 g/mol. The maximum Gasteiger partial charge on any atom is 0.355 e. The summed E-state index contributed by atoms with van der Waals surface area (Å²) in [5.74, 6) is -0.157. The molecule has 0 aliphatic carbocycles. The number of hydrogen-bond acceptors (Lipinski definition) is 5. The molecule has 184 valence electrons. The van der Waals surface area contributed by atoms with Gasteiger partial charge in [0.2, 0.25) is 5.91 Å². The number of esters is 1. The molecule has 1 saturated heterocycles. The number of benzene rings is 2. The average molecular weight is 492 g/mol. The Morgan fingerprint density at radius 1 is 1.11 bits per heavy atom. The molecule has 2 heterocycles. The second kappa shape index (κ2) is 9.83. The summed E-state index contributed by atoms with van der Waals surface area (Å²) in [6, 6.07) is 16.9. The molecule has 2 aromatic carbocycles. The molecule has 3 atom stereocenters. The van der Waals surface area contributed by atoms with E-state index in [1.54, 1.807) is 12.0 Å². The number of methoxy groups -OCH3 is 1. The van der Waals surface area contributed by atoms with Gasteiger partial charge in [-0.2, -0.15) is 0 Å². The number of ether oxygens (including phenoxy) is 2. The van der Waals surface area contributed by atoms with Crippen molar-refractivity contribution in [1.29, 1.82) is 0 Å². The molecule has 35 heavy (non-hydrogen) atoms. The number of carbonyl (C=O) groups is 2. The van der Waals surface area contributed by atoms with Gasteiger partial charge in [0.05, 0.1) is 25.2 Å². The number of hydrogen-bond donors (Lipinski definition) is 0. The number of rotatable bonds is 9. The number of nitrogens with zero attached hydrogens (tertiary/aromatic N) is 1. The van der Waals surface area contributed by atoms with Crippen molar-refractivity contribution in [3.63, 3.8) is 0 Å². The van der Waals surface area contributed by atoms with E-state index in [9.17, 15) is 9.59 Å². The molecule has 4 rings (SSSR count). The molecule has 2 aromatic rings. The summed E-state index contributed by atoms with van der Waals surface area (Å²) in [4.78, 5) is 28.3. The maximum atomic E-state index is 13.4. The predicted octanol–water partition coefficient (Wildman–Crippen LogP) is 5.18. The van der Waals surface area contributed by atoms with Crippen LogP contribution >= 0.6 is 0 Å². The summed E-state index contributed by atoms with van der Waals surface area (Å²) in [6.45, 7) is 12.7. The number of amides is 1. The Kier molecular flexibility index (Phi) is 7.01. The molecule has 2 aliphatic heterocycles. The SMILES string of the molecule is C=C(C1=C(C(=O)OCc2ccc(OC)cc2)N2C(=O)[C@H]([C@@H](C)O[Si](C)(C)C)[C@H]2C1)c1ccccc1. The number of fused-ring (bicyclic) bond motifs is 1. The summed E-state index contributed by atoms with van der Waals surface area (Å²) < 4.78 is 17.1. The van der Waals surface area contributed by atoms with Crippen LogP contribution in [0.3, 0.4) is 0 Å². The van der Waals surface area contributed by atoms with Crippen LogP contribution in [0.5, 0.6) is 5.75 Å². The van der Waals surface area contributed by atoms with Gasteiger partial charge in [0, 0.05) is 0 Å². The van der Waals surface area contributed by atoms with Crippen molar-refractivity contribution >= 4 is 25.8 Å². The van der Waals surface area contributed by atoms with Crippen molar-refractivity contribution < 1.29 is 23.5 Å².